The van der Waals surface area contributed by atoms with Gasteiger partial charge in [0.15, 0.2) is 0 Å². The Morgan fingerprint density at radius 3 is 0.940 bits per heavy atom. The van der Waals surface area contributed by atoms with Crippen LogP contribution in [-0.2, 0) is 10.8 Å². The molecule has 570 valence electrons. The van der Waals surface area contributed by atoms with Crippen LogP contribution >= 0.6 is 0 Å². The fraction of sp³-hybridized carbons (Fsp3) is 0.155. The minimum Gasteiger partial charge on any atom is -0.0616 e. The highest BCUT2D eigenvalue weighted by Crippen LogP contribution is 2.39. The van der Waals surface area contributed by atoms with Gasteiger partial charge in [-0.25, -0.2) is 0 Å². The van der Waals surface area contributed by atoms with Crippen LogP contribution < -0.4 is 0 Å². The Kier molecular flexibility index (Phi) is 22.6. The van der Waals surface area contributed by atoms with Gasteiger partial charge in [-0.2, -0.15) is 0 Å². The van der Waals surface area contributed by atoms with E-state index in [2.05, 4.69) is 463 Å². The number of benzene rings is 21. The second kappa shape index (κ2) is 33.4. The molecule has 0 fully saturated rings. The number of aryl methyl sites for hydroxylation is 10. The van der Waals surface area contributed by atoms with Crippen molar-refractivity contribution in [3.63, 3.8) is 0 Å². The zero-order valence-electron chi connectivity index (χ0n) is 70.5. The molecule has 0 atom stereocenters. The van der Waals surface area contributed by atoms with Crippen molar-refractivity contribution in [1.82, 2.24) is 0 Å². The number of fused-ring (bicyclic) bond motifs is 19. The first-order valence-electron chi connectivity index (χ1n) is 41.2. The fourth-order valence-corrected chi connectivity index (χ4v) is 17.4. The van der Waals surface area contributed by atoms with Gasteiger partial charge in [0.05, 0.1) is 0 Å². The second-order valence-electron chi connectivity index (χ2n) is 34.4. The summed E-state index contributed by atoms with van der Waals surface area (Å²) in [4.78, 5) is 0. The zero-order chi connectivity index (χ0) is 81.1. The van der Waals surface area contributed by atoms with Crippen LogP contribution in [0.2, 0.25) is 0 Å². The van der Waals surface area contributed by atoms with Gasteiger partial charge in [0.1, 0.15) is 0 Å². The molecular weight excluding hydrogens is 1390 g/mol. The summed E-state index contributed by atoms with van der Waals surface area (Å²) in [6.45, 7) is 35.4. The number of hydrogen-bond acceptors (Lipinski definition) is 0. The van der Waals surface area contributed by atoms with Crippen LogP contribution in [-0.4, -0.2) is 0 Å². The SMILES string of the molecule is Cc1cc(C(C)(C)C)c2c(ccc3ccccc32)c1.Cc1cc(C(C)(C)C)c2ccc3ccccc3c2c1.Cc1cc(C)c2c(ccc3ccccc32)c1.Cc1cc(C)c2cc3ccccc3cc2c1.Cc1cc(C)c2ccc3ccccc3c2c1.Cc1ccc2cc3ccccc3cc2c1.Cc1ccc2ccc3ccccc3c2c1. The molecule has 0 heterocycles. The molecule has 0 aromatic heterocycles. The summed E-state index contributed by atoms with van der Waals surface area (Å²) < 4.78 is 0. The van der Waals surface area contributed by atoms with E-state index in [-0.39, 0.29) is 10.8 Å². The first kappa shape index (κ1) is 78.5. The van der Waals surface area contributed by atoms with Gasteiger partial charge >= 0.3 is 0 Å². The fourth-order valence-electron chi connectivity index (χ4n) is 17.4. The summed E-state index contributed by atoms with van der Waals surface area (Å²) in [5.74, 6) is 0. The van der Waals surface area contributed by atoms with Crippen LogP contribution in [0.15, 0.2) is 352 Å². The Labute approximate surface area is 686 Å². The third kappa shape index (κ3) is 17.2. The van der Waals surface area contributed by atoms with E-state index in [0.717, 1.165) is 0 Å². The van der Waals surface area contributed by atoms with Crippen molar-refractivity contribution in [1.29, 1.82) is 0 Å². The summed E-state index contributed by atoms with van der Waals surface area (Å²) in [5, 5.41) is 37.7. The van der Waals surface area contributed by atoms with Gasteiger partial charge in [-0.15, -0.1) is 0 Å². The average molecular weight is 1500 g/mol. The Morgan fingerprint density at radius 1 is 0.138 bits per heavy atom. The molecule has 0 nitrogen and oxygen atoms in total. The summed E-state index contributed by atoms with van der Waals surface area (Å²) >= 11 is 0. The predicted molar refractivity (Wildman–Crippen MR) is 515 cm³/mol. The molecule has 0 amide bonds. The minimum absolute atomic E-state index is 0.161. The maximum absolute atomic E-state index is 2.34. The van der Waals surface area contributed by atoms with Gasteiger partial charge in [-0.1, -0.05) is 408 Å². The van der Waals surface area contributed by atoms with Crippen molar-refractivity contribution < 1.29 is 0 Å². The summed E-state index contributed by atoms with van der Waals surface area (Å²) in [6, 6.07) is 127. The summed E-state index contributed by atoms with van der Waals surface area (Å²) in [6.07, 6.45) is 0. The van der Waals surface area contributed by atoms with Crippen LogP contribution in [0.25, 0.3) is 151 Å². The van der Waals surface area contributed by atoms with Crippen molar-refractivity contribution in [2.24, 2.45) is 0 Å². The Bertz CT molecular complexity index is 7230. The second-order valence-corrected chi connectivity index (χ2v) is 34.4. The smallest absolute Gasteiger partial charge is 0.00678 e. The third-order valence-electron chi connectivity index (χ3n) is 22.9. The zero-order valence-corrected chi connectivity index (χ0v) is 70.5. The Morgan fingerprint density at radius 2 is 0.422 bits per heavy atom. The van der Waals surface area contributed by atoms with E-state index in [0.29, 0.717) is 0 Å². The van der Waals surface area contributed by atoms with Crippen LogP contribution in [0.5, 0.6) is 0 Å². The molecule has 0 unspecified atom stereocenters. The molecule has 21 rings (SSSR count). The lowest BCUT2D eigenvalue weighted by molar-refractivity contribution is 0.595. The van der Waals surface area contributed by atoms with Gasteiger partial charge in [-0.05, 0) is 283 Å². The molecule has 0 heteroatoms. The Hall–Kier alpha value is -12.7. The predicted octanol–water partition coefficient (Wildman–Crippen LogP) is 33.6. The molecule has 0 aliphatic heterocycles. The summed E-state index contributed by atoms with van der Waals surface area (Å²) in [5.41, 5.74) is 16.6. The molecule has 0 radical (unpaired) electrons. The molecule has 116 heavy (non-hydrogen) atoms. The third-order valence-corrected chi connectivity index (χ3v) is 22.9. The molecule has 0 aliphatic rings. The van der Waals surface area contributed by atoms with Gasteiger partial charge in [0, 0.05) is 0 Å². The van der Waals surface area contributed by atoms with Crippen LogP contribution in [0.1, 0.15) is 108 Å². The van der Waals surface area contributed by atoms with Crippen LogP contribution in [0.4, 0.5) is 0 Å². The molecule has 21 aromatic carbocycles. The molecule has 21 aromatic rings. The normalized spacial score (nSPS) is 11.4. The summed E-state index contributed by atoms with van der Waals surface area (Å²) in [7, 11) is 0. The van der Waals surface area contributed by atoms with Gasteiger partial charge in [-0.3, -0.25) is 0 Å². The lowest BCUT2D eigenvalue weighted by Gasteiger charge is -2.23. The van der Waals surface area contributed by atoms with Crippen LogP contribution in [0.3, 0.4) is 0 Å². The van der Waals surface area contributed by atoms with Gasteiger partial charge in [0.25, 0.3) is 0 Å². The highest BCUT2D eigenvalue weighted by molar-refractivity contribution is 6.13. The maximum atomic E-state index is 2.34. The highest BCUT2D eigenvalue weighted by atomic mass is 14.2. The van der Waals surface area contributed by atoms with Crippen molar-refractivity contribution in [2.45, 2.75) is 122 Å². The highest BCUT2D eigenvalue weighted by Gasteiger charge is 2.21. The Balaban J connectivity index is 0.000000106. The van der Waals surface area contributed by atoms with Crippen molar-refractivity contribution in [3.8, 4) is 0 Å². The van der Waals surface area contributed by atoms with E-state index in [1.165, 1.54) is 218 Å². The molecule has 0 N–H and O–H groups in total. The minimum atomic E-state index is 0.161. The van der Waals surface area contributed by atoms with Gasteiger partial charge in [0.2, 0.25) is 0 Å². The van der Waals surface area contributed by atoms with Crippen molar-refractivity contribution in [3.05, 3.63) is 419 Å². The maximum Gasteiger partial charge on any atom is -0.00678 e. The van der Waals surface area contributed by atoms with Crippen LogP contribution in [0, 0.1) is 69.2 Å². The first-order chi connectivity index (χ1) is 55.8. The monoisotopic (exact) mass is 1500 g/mol. The largest absolute Gasteiger partial charge is 0.0616 e. The van der Waals surface area contributed by atoms with E-state index in [1.807, 2.05) is 0 Å². The van der Waals surface area contributed by atoms with E-state index >= 15 is 0 Å². The first-order valence-corrected chi connectivity index (χ1v) is 41.2. The van der Waals surface area contributed by atoms with E-state index in [4.69, 9.17) is 0 Å². The van der Waals surface area contributed by atoms with Gasteiger partial charge < -0.3 is 0 Å². The van der Waals surface area contributed by atoms with Crippen molar-refractivity contribution >= 4 is 151 Å². The lowest BCUT2D eigenvalue weighted by atomic mass is 9.81. The molecule has 0 spiro atoms. The van der Waals surface area contributed by atoms with Crippen molar-refractivity contribution in [2.75, 3.05) is 0 Å². The lowest BCUT2D eigenvalue weighted by Crippen LogP contribution is -2.12. The molecule has 0 aliphatic carbocycles. The molecule has 0 bridgehead atoms. The quantitative estimate of drug-likeness (QED) is 0.105. The molecule has 0 saturated carbocycles. The average Bonchev–Trinajstić information content (AvgIpc) is 0.760. The topological polar surface area (TPSA) is 0 Å². The standard InChI is InChI=1S/2C19H20.3C16H14.2C15H12/c1-13-11-15-10-9-14-7-5-6-8-16(14)18(15)17(12-13)19(2,3)4;1-13-11-17-15-8-6-5-7-14(15)9-10-16(17)18(12-13)19(2,3)4;1-11-7-12(2)16-10-14-6-4-3-5-13(14)9-15(16)8-11;1-11-9-12(2)14-8-7-13-5-3-4-6-15(13)16(14)10-11;1-11-9-12(2)16-14(10-11)8-7-13-5-3-4-6-15(13)16;1-11-6-7-14-9-12-4-2-3-5-13(12)10-15(14)8-11;1-11-6-7-13-9-8-12-4-2-3-5-14(12)15(13)10-11/h2*5-12H,1-4H3;3*3-10H,1-2H3;2*2-10H,1H3. The molecular formula is C116H106. The number of rotatable bonds is 0. The van der Waals surface area contributed by atoms with E-state index in [1.54, 1.807) is 0 Å². The van der Waals surface area contributed by atoms with E-state index in [9.17, 15) is 0 Å². The van der Waals surface area contributed by atoms with E-state index < -0.39 is 0 Å². The number of hydrogen-bond donors (Lipinski definition) is 0. The molecule has 0 saturated heterocycles.